The lowest BCUT2D eigenvalue weighted by atomic mass is 9.89. The highest BCUT2D eigenvalue weighted by molar-refractivity contribution is 7.19. The summed E-state index contributed by atoms with van der Waals surface area (Å²) < 4.78 is 5.23. The normalized spacial score (nSPS) is 19.0. The number of carbonyl (C=O) groups excluding carboxylic acids is 1. The number of hydrogen-bond acceptors (Lipinski definition) is 6. The average molecular weight is 493 g/mol. The summed E-state index contributed by atoms with van der Waals surface area (Å²) in [7, 11) is 1.66. The first-order valence-corrected chi connectivity index (χ1v) is 13.8. The summed E-state index contributed by atoms with van der Waals surface area (Å²) in [6.45, 7) is 9.84. The molecule has 2 atom stereocenters. The molecule has 3 heterocycles. The minimum absolute atomic E-state index is 0.185. The second-order valence-corrected chi connectivity index (χ2v) is 11.2. The van der Waals surface area contributed by atoms with Gasteiger partial charge in [-0.3, -0.25) is 4.79 Å². The van der Waals surface area contributed by atoms with Crippen molar-refractivity contribution in [2.45, 2.75) is 58.8 Å². The molecular formula is C28H36N4O2S. The van der Waals surface area contributed by atoms with E-state index in [0.717, 1.165) is 79.1 Å². The van der Waals surface area contributed by atoms with Gasteiger partial charge in [-0.2, -0.15) is 0 Å². The lowest BCUT2D eigenvalue weighted by molar-refractivity contribution is -0.130. The number of aromatic nitrogens is 2. The Kier molecular flexibility index (Phi) is 6.96. The maximum absolute atomic E-state index is 13.0. The third-order valence-corrected chi connectivity index (χ3v) is 8.80. The monoisotopic (exact) mass is 492 g/mol. The number of anilines is 1. The number of thiophene rings is 1. The minimum Gasteiger partial charge on any atom is -0.497 e. The summed E-state index contributed by atoms with van der Waals surface area (Å²) in [4.78, 5) is 30.2. The summed E-state index contributed by atoms with van der Waals surface area (Å²) in [5.41, 5.74) is 2.50. The van der Waals surface area contributed by atoms with Gasteiger partial charge in [0.2, 0.25) is 5.91 Å². The van der Waals surface area contributed by atoms with Crippen LogP contribution in [0, 0.1) is 5.92 Å². The molecule has 0 spiro atoms. The van der Waals surface area contributed by atoms with Gasteiger partial charge in [-0.25, -0.2) is 9.97 Å². The van der Waals surface area contributed by atoms with Gasteiger partial charge >= 0.3 is 0 Å². The molecule has 0 N–H and O–H groups in total. The standard InChI is InChI=1S/C28H36N4O2S/c1-5-19(3)26-29-27(25-22-11-6-18(2)16-23(22)35-28(25)30-26)32-14-12-31(13-15-32)24(33)17-20-7-9-21(34-4)10-8-20/h7-10,18-19H,5-6,11-17H2,1-4H3/t18-,19-/m1/s1. The third-order valence-electron chi connectivity index (χ3n) is 7.65. The fourth-order valence-corrected chi connectivity index (χ4v) is 6.55. The molecule has 1 aliphatic carbocycles. The molecule has 35 heavy (non-hydrogen) atoms. The fourth-order valence-electron chi connectivity index (χ4n) is 5.17. The Morgan fingerprint density at radius 2 is 1.91 bits per heavy atom. The van der Waals surface area contributed by atoms with Crippen LogP contribution in [0.4, 0.5) is 5.82 Å². The number of benzene rings is 1. The molecule has 1 aromatic carbocycles. The summed E-state index contributed by atoms with van der Waals surface area (Å²) >= 11 is 1.88. The molecule has 0 bridgehead atoms. The van der Waals surface area contributed by atoms with Crippen LogP contribution in [-0.2, 0) is 24.1 Å². The molecule has 2 aliphatic rings. The Morgan fingerprint density at radius 3 is 2.60 bits per heavy atom. The SMILES string of the molecule is CC[C@@H](C)c1nc(N2CCN(C(=O)Cc3ccc(OC)cc3)CC2)c2c3c(sc2n1)C[C@H](C)CC3. The molecule has 0 unspecified atom stereocenters. The number of piperazine rings is 1. The fraction of sp³-hybridized carbons (Fsp3) is 0.536. The van der Waals surface area contributed by atoms with E-state index in [0.29, 0.717) is 12.3 Å². The van der Waals surface area contributed by atoms with E-state index in [1.807, 2.05) is 40.5 Å². The first-order valence-electron chi connectivity index (χ1n) is 12.9. The van der Waals surface area contributed by atoms with Gasteiger partial charge in [0.05, 0.1) is 18.9 Å². The van der Waals surface area contributed by atoms with E-state index in [1.54, 1.807) is 7.11 Å². The number of rotatable bonds is 6. The van der Waals surface area contributed by atoms with Crippen LogP contribution in [0.1, 0.15) is 61.4 Å². The highest BCUT2D eigenvalue weighted by atomic mass is 32.1. The van der Waals surface area contributed by atoms with Gasteiger partial charge < -0.3 is 14.5 Å². The average Bonchev–Trinajstić information content (AvgIpc) is 3.25. The first-order chi connectivity index (χ1) is 17.0. The highest BCUT2D eigenvalue weighted by Gasteiger charge is 2.29. The number of fused-ring (bicyclic) bond motifs is 3. The van der Waals surface area contributed by atoms with Gasteiger partial charge in [0.25, 0.3) is 0 Å². The summed E-state index contributed by atoms with van der Waals surface area (Å²) in [5.74, 6) is 4.13. The van der Waals surface area contributed by atoms with Gasteiger partial charge in [0, 0.05) is 37.0 Å². The van der Waals surface area contributed by atoms with Gasteiger partial charge in [-0.1, -0.05) is 32.9 Å². The summed E-state index contributed by atoms with van der Waals surface area (Å²) in [6, 6.07) is 7.78. The number of ether oxygens (including phenoxy) is 1. The zero-order valence-corrected chi connectivity index (χ0v) is 22.2. The Bertz CT molecular complexity index is 1200. The largest absolute Gasteiger partial charge is 0.497 e. The van der Waals surface area contributed by atoms with Crippen molar-refractivity contribution >= 4 is 33.3 Å². The Balaban J connectivity index is 1.36. The van der Waals surface area contributed by atoms with E-state index in [1.165, 1.54) is 22.2 Å². The molecule has 0 radical (unpaired) electrons. The van der Waals surface area contributed by atoms with Crippen LogP contribution >= 0.6 is 11.3 Å². The number of aryl methyl sites for hydroxylation is 1. The van der Waals surface area contributed by atoms with Gasteiger partial charge in [-0.15, -0.1) is 11.3 Å². The molecule has 0 saturated carbocycles. The van der Waals surface area contributed by atoms with Crippen molar-refractivity contribution in [1.82, 2.24) is 14.9 Å². The van der Waals surface area contributed by atoms with Crippen molar-refractivity contribution < 1.29 is 9.53 Å². The Hall–Kier alpha value is -2.67. The second kappa shape index (κ2) is 10.1. The molecule has 3 aromatic rings. The van der Waals surface area contributed by atoms with Gasteiger partial charge in [-0.05, 0) is 54.9 Å². The predicted octanol–water partition coefficient (Wildman–Crippen LogP) is 5.23. The molecular weight excluding hydrogens is 456 g/mol. The van der Waals surface area contributed by atoms with Gasteiger partial charge in [0.15, 0.2) is 0 Å². The van der Waals surface area contributed by atoms with E-state index >= 15 is 0 Å². The molecule has 1 amide bonds. The molecule has 186 valence electrons. The Labute approximate surface area is 212 Å². The summed E-state index contributed by atoms with van der Waals surface area (Å²) in [6.07, 6.45) is 4.97. The molecule has 1 fully saturated rings. The molecule has 6 nitrogen and oxygen atoms in total. The van der Waals surface area contributed by atoms with E-state index < -0.39 is 0 Å². The zero-order chi connectivity index (χ0) is 24.5. The topological polar surface area (TPSA) is 58.6 Å². The smallest absolute Gasteiger partial charge is 0.227 e. The van der Waals surface area contributed by atoms with Crippen LogP contribution in [0.25, 0.3) is 10.2 Å². The van der Waals surface area contributed by atoms with Crippen molar-refractivity contribution in [3.8, 4) is 5.75 Å². The number of nitrogens with zero attached hydrogens (tertiary/aromatic N) is 4. The number of carbonyl (C=O) groups is 1. The van der Waals surface area contributed by atoms with Crippen LogP contribution < -0.4 is 9.64 Å². The van der Waals surface area contributed by atoms with E-state index in [2.05, 4.69) is 25.7 Å². The molecule has 1 saturated heterocycles. The lowest BCUT2D eigenvalue weighted by Crippen LogP contribution is -2.49. The second-order valence-electron chi connectivity index (χ2n) is 10.1. The first kappa shape index (κ1) is 24.0. The molecule has 7 heteroatoms. The van der Waals surface area contributed by atoms with Crippen molar-refractivity contribution in [3.63, 3.8) is 0 Å². The van der Waals surface area contributed by atoms with E-state index in [4.69, 9.17) is 14.7 Å². The van der Waals surface area contributed by atoms with Crippen molar-refractivity contribution in [2.24, 2.45) is 5.92 Å². The van der Waals surface area contributed by atoms with Crippen LogP contribution in [0.3, 0.4) is 0 Å². The lowest BCUT2D eigenvalue weighted by Gasteiger charge is -2.36. The van der Waals surface area contributed by atoms with Crippen LogP contribution in [0.15, 0.2) is 24.3 Å². The summed E-state index contributed by atoms with van der Waals surface area (Å²) in [5, 5.41) is 1.28. The zero-order valence-electron chi connectivity index (χ0n) is 21.3. The van der Waals surface area contributed by atoms with E-state index in [-0.39, 0.29) is 5.91 Å². The van der Waals surface area contributed by atoms with Crippen LogP contribution in [0.2, 0.25) is 0 Å². The van der Waals surface area contributed by atoms with Crippen molar-refractivity contribution in [3.05, 3.63) is 46.1 Å². The Morgan fingerprint density at radius 1 is 1.17 bits per heavy atom. The maximum atomic E-state index is 13.0. The van der Waals surface area contributed by atoms with Crippen LogP contribution in [-0.4, -0.2) is 54.1 Å². The number of methoxy groups -OCH3 is 1. The maximum Gasteiger partial charge on any atom is 0.227 e. The third kappa shape index (κ3) is 4.88. The van der Waals surface area contributed by atoms with Crippen molar-refractivity contribution in [2.75, 3.05) is 38.2 Å². The molecule has 2 aromatic heterocycles. The van der Waals surface area contributed by atoms with Crippen LogP contribution in [0.5, 0.6) is 5.75 Å². The number of hydrogen-bond donors (Lipinski definition) is 0. The minimum atomic E-state index is 0.185. The quantitative estimate of drug-likeness (QED) is 0.472. The molecule has 1 aliphatic heterocycles. The highest BCUT2D eigenvalue weighted by Crippen LogP contribution is 2.42. The van der Waals surface area contributed by atoms with Gasteiger partial charge in [0.1, 0.15) is 22.2 Å². The van der Waals surface area contributed by atoms with E-state index in [9.17, 15) is 4.79 Å². The predicted molar refractivity (Wildman–Crippen MR) is 143 cm³/mol. The number of amides is 1. The van der Waals surface area contributed by atoms with Crippen molar-refractivity contribution in [1.29, 1.82) is 0 Å². The molecule has 5 rings (SSSR count).